The molecule has 19 heavy (non-hydrogen) atoms. The minimum absolute atomic E-state index is 0.217. The molecule has 0 amide bonds. The fourth-order valence-electron chi connectivity index (χ4n) is 1.79. The number of aryl methyl sites for hydroxylation is 1. The van der Waals surface area contributed by atoms with Crippen molar-refractivity contribution in [3.05, 3.63) is 5.69 Å². The molecule has 0 atom stereocenters. The maximum absolute atomic E-state index is 12.9. The molecule has 2 rings (SSSR count). The molecule has 1 aliphatic rings. The van der Waals surface area contributed by atoms with Gasteiger partial charge in [0.2, 0.25) is 0 Å². The molecule has 1 aromatic heterocycles. The first-order chi connectivity index (χ1) is 8.46. The zero-order valence-corrected chi connectivity index (χ0v) is 11.4. The number of rotatable bonds is 1. The molecule has 0 aromatic carbocycles. The van der Waals surface area contributed by atoms with Crippen LogP contribution in [0, 0.1) is 0 Å². The fourth-order valence-corrected chi connectivity index (χ4v) is 1.79. The van der Waals surface area contributed by atoms with Crippen LogP contribution < -0.4 is 5.59 Å². The van der Waals surface area contributed by atoms with E-state index in [1.165, 1.54) is 7.05 Å². The van der Waals surface area contributed by atoms with Crippen LogP contribution in [0.5, 0.6) is 0 Å². The van der Waals surface area contributed by atoms with Gasteiger partial charge in [0.1, 0.15) is 5.59 Å². The largest absolute Gasteiger partial charge is 0.516 e. The van der Waals surface area contributed by atoms with E-state index in [2.05, 4.69) is 10.3 Å². The van der Waals surface area contributed by atoms with E-state index in [1.54, 1.807) is 27.7 Å². The maximum Gasteiger partial charge on any atom is 0.516 e. The van der Waals surface area contributed by atoms with Crippen molar-refractivity contribution in [2.24, 2.45) is 7.05 Å². The molecular weight excluding hydrogens is 262 g/mol. The molecule has 1 aliphatic heterocycles. The summed E-state index contributed by atoms with van der Waals surface area (Å²) in [5, 5.41) is 6.56. The lowest BCUT2D eigenvalue weighted by atomic mass is 9.82. The molecule has 0 saturated carbocycles. The lowest BCUT2D eigenvalue weighted by molar-refractivity contribution is -0.140. The molecule has 0 aliphatic carbocycles. The monoisotopic (exact) mass is 277 g/mol. The van der Waals surface area contributed by atoms with Crippen molar-refractivity contribution in [3.63, 3.8) is 0 Å². The van der Waals surface area contributed by atoms with Crippen LogP contribution in [-0.4, -0.2) is 33.3 Å². The molecule has 9 heteroatoms. The SMILES string of the molecule is Cn1nnc(C(F)(F)F)c1B1OC(C)(C)C(C)(C)O1. The number of aromatic nitrogens is 3. The Bertz CT molecular complexity index is 483. The minimum Gasteiger partial charge on any atom is -0.398 e. The molecule has 0 radical (unpaired) electrons. The number of halogens is 3. The summed E-state index contributed by atoms with van der Waals surface area (Å²) in [4.78, 5) is 0. The van der Waals surface area contributed by atoms with E-state index in [-0.39, 0.29) is 5.59 Å². The normalized spacial score (nSPS) is 22.0. The number of nitrogens with zero attached hydrogens (tertiary/aromatic N) is 3. The van der Waals surface area contributed by atoms with Crippen LogP contribution in [0.15, 0.2) is 0 Å². The number of hydrogen-bond acceptors (Lipinski definition) is 4. The van der Waals surface area contributed by atoms with Gasteiger partial charge < -0.3 is 9.31 Å². The topological polar surface area (TPSA) is 49.2 Å². The second-order valence-corrected chi connectivity index (χ2v) is 5.53. The van der Waals surface area contributed by atoms with Crippen molar-refractivity contribution >= 4 is 12.7 Å². The average molecular weight is 277 g/mol. The third-order valence-electron chi connectivity index (χ3n) is 3.62. The second kappa shape index (κ2) is 3.95. The van der Waals surface area contributed by atoms with E-state index in [9.17, 15) is 13.2 Å². The highest BCUT2D eigenvalue weighted by Gasteiger charge is 2.55. The average Bonchev–Trinajstić information content (AvgIpc) is 2.65. The molecule has 1 aromatic rings. The van der Waals surface area contributed by atoms with Crippen LogP contribution >= 0.6 is 0 Å². The fraction of sp³-hybridized carbons (Fsp3) is 0.800. The first-order valence-electron chi connectivity index (χ1n) is 5.78. The predicted molar refractivity (Wildman–Crippen MR) is 61.7 cm³/mol. The van der Waals surface area contributed by atoms with Crippen molar-refractivity contribution in [3.8, 4) is 0 Å². The van der Waals surface area contributed by atoms with Gasteiger partial charge in [-0.05, 0) is 27.7 Å². The lowest BCUT2D eigenvalue weighted by Gasteiger charge is -2.32. The van der Waals surface area contributed by atoms with Gasteiger partial charge in [-0.2, -0.15) is 13.2 Å². The van der Waals surface area contributed by atoms with Gasteiger partial charge in [0.25, 0.3) is 0 Å². The Labute approximate surface area is 109 Å². The van der Waals surface area contributed by atoms with E-state index in [0.717, 1.165) is 4.68 Å². The summed E-state index contributed by atoms with van der Waals surface area (Å²) >= 11 is 0. The summed E-state index contributed by atoms with van der Waals surface area (Å²) in [6, 6.07) is 0. The summed E-state index contributed by atoms with van der Waals surface area (Å²) in [5.74, 6) is 0. The molecule has 0 spiro atoms. The Morgan fingerprint density at radius 3 is 2.00 bits per heavy atom. The minimum atomic E-state index is -4.59. The van der Waals surface area contributed by atoms with E-state index in [1.807, 2.05) is 0 Å². The quantitative estimate of drug-likeness (QED) is 0.722. The Kier molecular flexibility index (Phi) is 2.98. The van der Waals surface area contributed by atoms with E-state index in [0.29, 0.717) is 0 Å². The van der Waals surface area contributed by atoms with E-state index >= 15 is 0 Å². The first-order valence-corrected chi connectivity index (χ1v) is 5.78. The summed E-state index contributed by atoms with van der Waals surface area (Å²) in [7, 11) is 0.240. The third-order valence-corrected chi connectivity index (χ3v) is 3.62. The molecule has 0 N–H and O–H groups in total. The van der Waals surface area contributed by atoms with Crippen molar-refractivity contribution in [2.45, 2.75) is 45.1 Å². The first kappa shape index (κ1) is 14.3. The van der Waals surface area contributed by atoms with Crippen molar-refractivity contribution in [1.29, 1.82) is 0 Å². The molecular formula is C10H15BF3N3O2. The standard InChI is InChI=1S/C10H15BF3N3O2/c1-8(2)9(3,4)19-11(18-8)7-6(10(12,13)14)15-16-17(7)5/h1-5H3. The summed E-state index contributed by atoms with van der Waals surface area (Å²) in [6.45, 7) is 7.07. The van der Waals surface area contributed by atoms with Crippen LogP contribution in [0.25, 0.3) is 0 Å². The van der Waals surface area contributed by atoms with Crippen LogP contribution in [0.2, 0.25) is 0 Å². The van der Waals surface area contributed by atoms with Gasteiger partial charge in [-0.25, -0.2) is 0 Å². The maximum atomic E-state index is 12.9. The molecule has 1 fully saturated rings. The second-order valence-electron chi connectivity index (χ2n) is 5.53. The highest BCUT2D eigenvalue weighted by atomic mass is 19.4. The molecule has 0 unspecified atom stereocenters. The van der Waals surface area contributed by atoms with Gasteiger partial charge in [0.15, 0.2) is 5.69 Å². The van der Waals surface area contributed by atoms with Crippen molar-refractivity contribution < 1.29 is 22.5 Å². The van der Waals surface area contributed by atoms with Crippen LogP contribution in [0.1, 0.15) is 33.4 Å². The van der Waals surface area contributed by atoms with E-state index in [4.69, 9.17) is 9.31 Å². The Morgan fingerprint density at radius 1 is 1.11 bits per heavy atom. The summed E-state index contributed by atoms with van der Waals surface area (Å²) in [6.07, 6.45) is -4.59. The summed E-state index contributed by atoms with van der Waals surface area (Å²) in [5.41, 5.74) is -2.73. The number of alkyl halides is 3. The van der Waals surface area contributed by atoms with Crippen LogP contribution in [0.3, 0.4) is 0 Å². The van der Waals surface area contributed by atoms with Gasteiger partial charge in [-0.15, -0.1) is 5.10 Å². The Hall–Kier alpha value is -1.09. The van der Waals surface area contributed by atoms with Crippen LogP contribution in [-0.2, 0) is 22.5 Å². The van der Waals surface area contributed by atoms with Gasteiger partial charge in [0, 0.05) is 7.05 Å². The molecule has 2 heterocycles. The van der Waals surface area contributed by atoms with Crippen molar-refractivity contribution in [1.82, 2.24) is 15.0 Å². The molecule has 0 bridgehead atoms. The highest BCUT2D eigenvalue weighted by Crippen LogP contribution is 2.37. The Morgan fingerprint density at radius 2 is 1.58 bits per heavy atom. The van der Waals surface area contributed by atoms with Gasteiger partial charge in [0.05, 0.1) is 11.2 Å². The Balaban J connectivity index is 2.43. The highest BCUT2D eigenvalue weighted by molar-refractivity contribution is 6.61. The third kappa shape index (κ3) is 2.25. The van der Waals surface area contributed by atoms with Crippen LogP contribution in [0.4, 0.5) is 13.2 Å². The van der Waals surface area contributed by atoms with Crippen molar-refractivity contribution in [2.75, 3.05) is 0 Å². The molecule has 106 valence electrons. The van der Waals surface area contributed by atoms with Gasteiger partial charge >= 0.3 is 13.3 Å². The molecule has 5 nitrogen and oxygen atoms in total. The predicted octanol–water partition coefficient (Wildman–Crippen LogP) is 1.13. The zero-order chi connectivity index (χ0) is 14.6. The lowest BCUT2D eigenvalue weighted by Crippen LogP contribution is -2.42. The summed E-state index contributed by atoms with van der Waals surface area (Å²) < 4.78 is 50.9. The van der Waals surface area contributed by atoms with Gasteiger partial charge in [-0.3, -0.25) is 4.68 Å². The number of hydrogen-bond donors (Lipinski definition) is 0. The smallest absolute Gasteiger partial charge is 0.398 e. The zero-order valence-electron chi connectivity index (χ0n) is 11.4. The van der Waals surface area contributed by atoms with E-state index < -0.39 is 30.2 Å². The van der Waals surface area contributed by atoms with Gasteiger partial charge in [-0.1, -0.05) is 5.21 Å². The molecule has 1 saturated heterocycles.